The molecule has 0 spiro atoms. The maximum atomic E-state index is 13.0. The lowest BCUT2D eigenvalue weighted by Crippen LogP contribution is -2.32. The van der Waals surface area contributed by atoms with Gasteiger partial charge in [-0.3, -0.25) is 9.59 Å². The topological polar surface area (TPSA) is 76.1 Å². The number of fused-ring (bicyclic) bond motifs is 5. The fourth-order valence-electron chi connectivity index (χ4n) is 5.59. The van der Waals surface area contributed by atoms with Gasteiger partial charge in [0.2, 0.25) is 11.1 Å². The first-order valence-corrected chi connectivity index (χ1v) is 12.0. The van der Waals surface area contributed by atoms with Crippen LogP contribution in [-0.2, 0) is 10.2 Å². The van der Waals surface area contributed by atoms with Crippen LogP contribution in [0, 0.1) is 5.41 Å². The van der Waals surface area contributed by atoms with E-state index in [4.69, 9.17) is 4.98 Å². The van der Waals surface area contributed by atoms with Crippen molar-refractivity contribution >= 4 is 29.1 Å². The average Bonchev–Trinajstić information content (AvgIpc) is 3.33. The van der Waals surface area contributed by atoms with Crippen LogP contribution in [0.15, 0.2) is 29.4 Å². The van der Waals surface area contributed by atoms with Crippen molar-refractivity contribution in [2.24, 2.45) is 5.41 Å². The van der Waals surface area contributed by atoms with Crippen molar-refractivity contribution in [3.63, 3.8) is 0 Å². The SMILES string of the molecule is C[C@@H](Sc1nnc2c(n1)[C@]1(C)CC[C@H]2C1(C)C)C(=O)c1ccc(N2CCCC2=O)cc1. The number of hydrogen-bond donors (Lipinski definition) is 0. The molecule has 0 unspecified atom stereocenters. The van der Waals surface area contributed by atoms with Gasteiger partial charge in [0.25, 0.3) is 0 Å². The summed E-state index contributed by atoms with van der Waals surface area (Å²) < 4.78 is 0. The summed E-state index contributed by atoms with van der Waals surface area (Å²) in [5.41, 5.74) is 3.78. The van der Waals surface area contributed by atoms with Gasteiger partial charge in [0.15, 0.2) is 5.78 Å². The number of thioether (sulfide) groups is 1. The molecule has 1 aromatic heterocycles. The number of Topliss-reactive ketones (excluding diaryl/α,β-unsaturated/α-hetero) is 1. The lowest BCUT2D eigenvalue weighted by atomic mass is 9.70. The van der Waals surface area contributed by atoms with Gasteiger partial charge in [-0.2, -0.15) is 5.10 Å². The van der Waals surface area contributed by atoms with Crippen LogP contribution in [0.4, 0.5) is 5.69 Å². The van der Waals surface area contributed by atoms with Crippen LogP contribution in [0.25, 0.3) is 0 Å². The molecule has 31 heavy (non-hydrogen) atoms. The highest BCUT2D eigenvalue weighted by Gasteiger charge is 2.61. The predicted molar refractivity (Wildman–Crippen MR) is 121 cm³/mol. The molecule has 2 fully saturated rings. The van der Waals surface area contributed by atoms with Gasteiger partial charge in [-0.05, 0) is 55.9 Å². The lowest BCUT2D eigenvalue weighted by Gasteiger charge is -2.34. The van der Waals surface area contributed by atoms with Crippen LogP contribution in [0.3, 0.4) is 0 Å². The van der Waals surface area contributed by atoms with Crippen LogP contribution in [0.5, 0.6) is 0 Å². The minimum absolute atomic E-state index is 0.0222. The number of hydrogen-bond acceptors (Lipinski definition) is 6. The molecule has 1 amide bonds. The first-order valence-electron chi connectivity index (χ1n) is 11.1. The number of anilines is 1. The molecule has 7 heteroatoms. The van der Waals surface area contributed by atoms with Gasteiger partial charge in [-0.1, -0.05) is 32.5 Å². The van der Waals surface area contributed by atoms with Crippen LogP contribution in [-0.4, -0.2) is 38.7 Å². The first kappa shape index (κ1) is 20.6. The normalized spacial score (nSPS) is 26.9. The second-order valence-corrected chi connectivity index (χ2v) is 11.1. The standard InChI is InChI=1S/C24H28N4O2S/c1-14(20(30)15-7-9-16(10-8-15)28-13-5-6-18(28)29)31-22-25-21-19(26-27-22)17-11-12-24(21,4)23(17,2)3/h7-10,14,17H,5-6,11-13H2,1-4H3/t14-,17-,24+/m1/s1. The van der Waals surface area contributed by atoms with Crippen LogP contribution >= 0.6 is 11.8 Å². The molecule has 0 radical (unpaired) electrons. The Hall–Kier alpha value is -2.28. The second kappa shape index (κ2) is 7.12. The first-order chi connectivity index (χ1) is 14.7. The number of aromatic nitrogens is 3. The van der Waals surface area contributed by atoms with Crippen molar-refractivity contribution in [3.05, 3.63) is 41.2 Å². The highest BCUT2D eigenvalue weighted by Crippen LogP contribution is 2.66. The summed E-state index contributed by atoms with van der Waals surface area (Å²) >= 11 is 1.37. The molecule has 2 heterocycles. The van der Waals surface area contributed by atoms with Crippen molar-refractivity contribution in [2.45, 2.75) is 75.1 Å². The number of amides is 1. The fourth-order valence-corrected chi connectivity index (χ4v) is 6.38. The molecule has 3 aliphatic rings. The minimum atomic E-state index is -0.321. The number of rotatable bonds is 5. The monoisotopic (exact) mass is 436 g/mol. The zero-order valence-corrected chi connectivity index (χ0v) is 19.3. The molecule has 1 saturated heterocycles. The van der Waals surface area contributed by atoms with Crippen LogP contribution < -0.4 is 4.90 Å². The number of carbonyl (C=O) groups is 2. The lowest BCUT2D eigenvalue weighted by molar-refractivity contribution is -0.117. The van der Waals surface area contributed by atoms with E-state index in [0.717, 1.165) is 42.9 Å². The van der Waals surface area contributed by atoms with Crippen LogP contribution in [0.1, 0.15) is 81.0 Å². The number of nitrogens with zero attached hydrogens (tertiary/aromatic N) is 4. The van der Waals surface area contributed by atoms with Crippen molar-refractivity contribution in [2.75, 3.05) is 11.4 Å². The van der Waals surface area contributed by atoms with Crippen molar-refractivity contribution in [1.82, 2.24) is 15.2 Å². The van der Waals surface area contributed by atoms with Crippen molar-refractivity contribution in [3.8, 4) is 0 Å². The quantitative estimate of drug-likeness (QED) is 0.506. The Morgan fingerprint density at radius 3 is 2.61 bits per heavy atom. The molecule has 2 aromatic rings. The molecular formula is C24H28N4O2S. The van der Waals surface area contributed by atoms with E-state index in [0.29, 0.717) is 23.1 Å². The maximum Gasteiger partial charge on any atom is 0.227 e. The molecular weight excluding hydrogens is 408 g/mol. The van der Waals surface area contributed by atoms with E-state index >= 15 is 0 Å². The van der Waals surface area contributed by atoms with Gasteiger partial charge in [-0.15, -0.1) is 5.10 Å². The molecule has 2 aliphatic carbocycles. The number of ketones is 1. The Bertz CT molecular complexity index is 1070. The van der Waals surface area contributed by atoms with Gasteiger partial charge in [0.05, 0.1) is 16.6 Å². The Morgan fingerprint density at radius 1 is 1.19 bits per heavy atom. The Morgan fingerprint density at radius 2 is 1.94 bits per heavy atom. The van der Waals surface area contributed by atoms with Crippen LogP contribution in [0.2, 0.25) is 0 Å². The van der Waals surface area contributed by atoms with Gasteiger partial charge in [0.1, 0.15) is 0 Å². The van der Waals surface area contributed by atoms with E-state index in [1.54, 1.807) is 4.90 Å². The highest BCUT2D eigenvalue weighted by atomic mass is 32.2. The van der Waals surface area contributed by atoms with E-state index in [-0.39, 0.29) is 27.8 Å². The third-order valence-corrected chi connectivity index (χ3v) is 8.91. The molecule has 6 nitrogen and oxygen atoms in total. The molecule has 1 aromatic carbocycles. The second-order valence-electron chi connectivity index (χ2n) is 9.79. The molecule has 1 saturated carbocycles. The Kier molecular flexibility index (Phi) is 4.73. The summed E-state index contributed by atoms with van der Waals surface area (Å²) in [7, 11) is 0. The smallest absolute Gasteiger partial charge is 0.227 e. The summed E-state index contributed by atoms with van der Waals surface area (Å²) in [4.78, 5) is 31.6. The molecule has 1 aliphatic heterocycles. The molecule has 2 bridgehead atoms. The summed E-state index contributed by atoms with van der Waals surface area (Å²) in [6.07, 6.45) is 3.76. The van der Waals surface area contributed by atoms with Gasteiger partial charge < -0.3 is 4.90 Å². The van der Waals surface area contributed by atoms with E-state index in [9.17, 15) is 9.59 Å². The highest BCUT2D eigenvalue weighted by molar-refractivity contribution is 8.00. The van der Waals surface area contributed by atoms with Gasteiger partial charge in [0, 0.05) is 35.5 Å². The third kappa shape index (κ3) is 3.04. The Balaban J connectivity index is 1.32. The third-order valence-electron chi connectivity index (χ3n) is 7.96. The molecule has 3 atom stereocenters. The summed E-state index contributed by atoms with van der Waals surface area (Å²) in [5.74, 6) is 0.600. The predicted octanol–water partition coefficient (Wildman–Crippen LogP) is 4.54. The van der Waals surface area contributed by atoms with Gasteiger partial charge in [-0.25, -0.2) is 4.98 Å². The zero-order valence-electron chi connectivity index (χ0n) is 18.5. The van der Waals surface area contributed by atoms with E-state index < -0.39 is 0 Å². The summed E-state index contributed by atoms with van der Waals surface area (Å²) in [6, 6.07) is 7.34. The van der Waals surface area contributed by atoms with E-state index in [2.05, 4.69) is 31.0 Å². The van der Waals surface area contributed by atoms with E-state index in [1.165, 1.54) is 11.8 Å². The summed E-state index contributed by atoms with van der Waals surface area (Å²) in [5, 5.41) is 9.16. The number of carbonyl (C=O) groups excluding carboxylic acids is 2. The average molecular weight is 437 g/mol. The minimum Gasteiger partial charge on any atom is -0.312 e. The van der Waals surface area contributed by atoms with Crippen molar-refractivity contribution in [1.29, 1.82) is 0 Å². The maximum absolute atomic E-state index is 13.0. The van der Waals surface area contributed by atoms with Crippen molar-refractivity contribution < 1.29 is 9.59 Å². The number of benzene rings is 1. The Labute approximate surface area is 187 Å². The molecule has 5 rings (SSSR count). The van der Waals surface area contributed by atoms with Gasteiger partial charge >= 0.3 is 0 Å². The largest absolute Gasteiger partial charge is 0.312 e. The molecule has 162 valence electrons. The zero-order chi connectivity index (χ0) is 22.0. The molecule has 0 N–H and O–H groups in total. The van der Waals surface area contributed by atoms with E-state index in [1.807, 2.05) is 31.2 Å². The fraction of sp³-hybridized carbons (Fsp3) is 0.542. The summed E-state index contributed by atoms with van der Waals surface area (Å²) in [6.45, 7) is 9.55.